The molecule has 1 N–H and O–H groups in total. The molecule has 0 aliphatic carbocycles. The van der Waals surface area contributed by atoms with E-state index in [1.54, 1.807) is 34.9 Å². The molecule has 1 heterocycles. The van der Waals surface area contributed by atoms with Crippen molar-refractivity contribution in [2.24, 2.45) is 0 Å². The highest BCUT2D eigenvalue weighted by Crippen LogP contribution is 2.33. The average molecular weight is 466 g/mol. The van der Waals surface area contributed by atoms with Crippen LogP contribution >= 0.6 is 11.3 Å². The van der Waals surface area contributed by atoms with E-state index in [0.29, 0.717) is 18.0 Å². The van der Waals surface area contributed by atoms with E-state index >= 15 is 0 Å². The van der Waals surface area contributed by atoms with Crippen LogP contribution in [0.5, 0.6) is 11.5 Å². The topological polar surface area (TPSA) is 107 Å². The maximum Gasteiger partial charge on any atom is 0.308 e. The van der Waals surface area contributed by atoms with Gasteiger partial charge in [0.2, 0.25) is 15.9 Å². The lowest BCUT2D eigenvalue weighted by atomic mass is 10.2. The van der Waals surface area contributed by atoms with Crippen molar-refractivity contribution in [3.05, 3.63) is 46.1 Å². The lowest BCUT2D eigenvalue weighted by molar-refractivity contribution is -0.114. The first-order chi connectivity index (χ1) is 14.7. The molecule has 0 saturated carbocycles. The van der Waals surface area contributed by atoms with Crippen LogP contribution in [0.4, 0.5) is 11.4 Å². The van der Waals surface area contributed by atoms with Gasteiger partial charge in [0.25, 0.3) is 0 Å². The fourth-order valence-electron chi connectivity index (χ4n) is 3.15. The molecular weight excluding hydrogens is 442 g/mol. The zero-order chi connectivity index (χ0) is 22.8. The van der Waals surface area contributed by atoms with Gasteiger partial charge in [0.05, 0.1) is 36.4 Å². The first-order valence-corrected chi connectivity index (χ1v) is 12.0. The molecule has 11 heteroatoms. The predicted molar refractivity (Wildman–Crippen MR) is 122 cm³/mol. The molecule has 0 saturated heterocycles. The van der Waals surface area contributed by atoms with Crippen LogP contribution in [-0.4, -0.2) is 45.9 Å². The number of nitrogens with zero attached hydrogens (tertiary/aromatic N) is 2. The minimum atomic E-state index is -3.79. The molecule has 0 spiro atoms. The number of aryl methyl sites for hydroxylation is 1. The Labute approximate surface area is 183 Å². The number of fused-ring (bicyclic) bond motifs is 1. The highest BCUT2D eigenvalue weighted by Gasteiger charge is 2.24. The first kappa shape index (κ1) is 22.6. The second kappa shape index (κ2) is 8.98. The summed E-state index contributed by atoms with van der Waals surface area (Å²) >= 11 is 1.09. The van der Waals surface area contributed by atoms with Gasteiger partial charge in [-0.1, -0.05) is 11.3 Å². The van der Waals surface area contributed by atoms with Gasteiger partial charge in [-0.3, -0.25) is 18.5 Å². The summed E-state index contributed by atoms with van der Waals surface area (Å²) < 4.78 is 38.6. The van der Waals surface area contributed by atoms with E-state index in [1.165, 1.54) is 20.3 Å². The Hall–Kier alpha value is -3.05. The molecule has 0 bridgehead atoms. The number of carbonyl (C=O) groups excluding carboxylic acids is 1. The number of rotatable bonds is 8. The SMILES string of the molecule is CCn1c(=O)sc2cc(NC(=O)CN(c3ccc(OC)cc3OC)S(C)(=O)=O)ccc21. The normalized spacial score (nSPS) is 11.4. The van der Waals surface area contributed by atoms with Crippen LogP contribution in [0.2, 0.25) is 0 Å². The number of anilines is 2. The molecule has 0 unspecified atom stereocenters. The van der Waals surface area contributed by atoms with Crippen molar-refractivity contribution in [3.8, 4) is 11.5 Å². The summed E-state index contributed by atoms with van der Waals surface area (Å²) in [4.78, 5) is 24.6. The Morgan fingerprint density at radius 1 is 1.16 bits per heavy atom. The van der Waals surface area contributed by atoms with Crippen LogP contribution in [0.3, 0.4) is 0 Å². The van der Waals surface area contributed by atoms with Crippen molar-refractivity contribution < 1.29 is 22.7 Å². The number of methoxy groups -OCH3 is 2. The molecule has 0 fully saturated rings. The van der Waals surface area contributed by atoms with Crippen molar-refractivity contribution in [3.63, 3.8) is 0 Å². The number of aromatic nitrogens is 1. The summed E-state index contributed by atoms with van der Waals surface area (Å²) in [7, 11) is -0.900. The lowest BCUT2D eigenvalue weighted by Gasteiger charge is -2.24. The molecule has 0 atom stereocenters. The largest absolute Gasteiger partial charge is 0.497 e. The second-order valence-corrected chi connectivity index (χ2v) is 9.55. The molecular formula is C20H23N3O6S2. The van der Waals surface area contributed by atoms with E-state index in [-0.39, 0.29) is 16.3 Å². The van der Waals surface area contributed by atoms with Crippen molar-refractivity contribution in [1.82, 2.24) is 4.57 Å². The Morgan fingerprint density at radius 2 is 1.90 bits per heavy atom. The monoisotopic (exact) mass is 465 g/mol. The molecule has 3 aromatic rings. The standard InChI is InChI=1S/C20H23N3O6S2/c1-5-22-16-8-6-13(10-18(16)30-20(22)25)21-19(24)12-23(31(4,26)27)15-9-7-14(28-2)11-17(15)29-3/h6-11H,5,12H2,1-4H3,(H,21,24). The zero-order valence-corrected chi connectivity index (χ0v) is 19.2. The minimum Gasteiger partial charge on any atom is -0.497 e. The van der Waals surface area contributed by atoms with Gasteiger partial charge in [0, 0.05) is 18.3 Å². The molecule has 2 aromatic carbocycles. The highest BCUT2D eigenvalue weighted by atomic mass is 32.2. The van der Waals surface area contributed by atoms with Gasteiger partial charge in [0.15, 0.2) is 0 Å². The Bertz CT molecular complexity index is 1280. The third-order valence-corrected chi connectivity index (χ3v) is 6.68. The number of nitrogens with one attached hydrogen (secondary N) is 1. The fraction of sp³-hybridized carbons (Fsp3) is 0.300. The number of sulfonamides is 1. The quantitative estimate of drug-likeness (QED) is 0.548. The molecule has 31 heavy (non-hydrogen) atoms. The predicted octanol–water partition coefficient (Wildman–Crippen LogP) is 2.50. The summed E-state index contributed by atoms with van der Waals surface area (Å²) in [6.45, 7) is 1.99. The molecule has 166 valence electrons. The molecule has 0 aliphatic rings. The van der Waals surface area contributed by atoms with E-state index in [9.17, 15) is 18.0 Å². The van der Waals surface area contributed by atoms with Gasteiger partial charge in [-0.25, -0.2) is 8.42 Å². The fourth-order valence-corrected chi connectivity index (χ4v) is 5.00. The second-order valence-electron chi connectivity index (χ2n) is 6.65. The van der Waals surface area contributed by atoms with Crippen molar-refractivity contribution in [2.45, 2.75) is 13.5 Å². The highest BCUT2D eigenvalue weighted by molar-refractivity contribution is 7.92. The van der Waals surface area contributed by atoms with Crippen molar-refractivity contribution in [2.75, 3.05) is 36.6 Å². The van der Waals surface area contributed by atoms with Gasteiger partial charge < -0.3 is 14.8 Å². The first-order valence-electron chi connectivity index (χ1n) is 9.31. The van der Waals surface area contributed by atoms with E-state index in [2.05, 4.69) is 5.32 Å². The van der Waals surface area contributed by atoms with Crippen LogP contribution in [0, 0.1) is 0 Å². The molecule has 9 nitrogen and oxygen atoms in total. The molecule has 1 amide bonds. The van der Waals surface area contributed by atoms with E-state index in [0.717, 1.165) is 32.1 Å². The molecule has 0 aliphatic heterocycles. The number of amides is 1. The number of thiazole rings is 1. The lowest BCUT2D eigenvalue weighted by Crippen LogP contribution is -2.37. The minimum absolute atomic E-state index is 0.0733. The molecule has 0 radical (unpaired) electrons. The maximum atomic E-state index is 12.7. The van der Waals surface area contributed by atoms with Gasteiger partial charge >= 0.3 is 4.87 Å². The third-order valence-electron chi connectivity index (χ3n) is 4.61. The van der Waals surface area contributed by atoms with E-state index < -0.39 is 22.5 Å². The zero-order valence-electron chi connectivity index (χ0n) is 17.5. The summed E-state index contributed by atoms with van der Waals surface area (Å²) in [5, 5.41) is 2.70. The van der Waals surface area contributed by atoms with Gasteiger partial charge in [-0.05, 0) is 37.3 Å². The number of hydrogen-bond acceptors (Lipinski definition) is 7. The van der Waals surface area contributed by atoms with Gasteiger partial charge in [-0.2, -0.15) is 0 Å². The summed E-state index contributed by atoms with van der Waals surface area (Å²) in [5.41, 5.74) is 1.48. The Morgan fingerprint density at radius 3 is 2.52 bits per heavy atom. The van der Waals surface area contributed by atoms with Gasteiger partial charge in [0.1, 0.15) is 18.0 Å². The van der Waals surface area contributed by atoms with Crippen molar-refractivity contribution >= 4 is 48.9 Å². The maximum absolute atomic E-state index is 12.7. The molecule has 3 rings (SSSR count). The summed E-state index contributed by atoms with van der Waals surface area (Å²) in [6.07, 6.45) is 1.01. The number of ether oxygens (including phenoxy) is 2. The van der Waals surface area contributed by atoms with Crippen LogP contribution in [-0.2, 0) is 21.4 Å². The number of carbonyl (C=O) groups is 1. The van der Waals surface area contributed by atoms with Crippen LogP contribution in [0.15, 0.2) is 41.2 Å². The number of hydrogen-bond donors (Lipinski definition) is 1. The van der Waals surface area contributed by atoms with Crippen LogP contribution < -0.4 is 24.0 Å². The van der Waals surface area contributed by atoms with E-state index in [4.69, 9.17) is 9.47 Å². The average Bonchev–Trinajstić information content (AvgIpc) is 3.04. The smallest absolute Gasteiger partial charge is 0.308 e. The van der Waals surface area contributed by atoms with Gasteiger partial charge in [-0.15, -0.1) is 0 Å². The third kappa shape index (κ3) is 4.83. The van der Waals surface area contributed by atoms with E-state index in [1.807, 2.05) is 6.92 Å². The summed E-state index contributed by atoms with van der Waals surface area (Å²) in [5.74, 6) is 0.208. The molecule has 1 aromatic heterocycles. The van der Waals surface area contributed by atoms with Crippen LogP contribution in [0.1, 0.15) is 6.92 Å². The Balaban J connectivity index is 1.87. The summed E-state index contributed by atoms with van der Waals surface area (Å²) in [6, 6.07) is 9.78. The van der Waals surface area contributed by atoms with Crippen molar-refractivity contribution in [1.29, 1.82) is 0 Å². The number of benzene rings is 2. The Kier molecular flexibility index (Phi) is 6.56. The van der Waals surface area contributed by atoms with Crippen LogP contribution in [0.25, 0.3) is 10.2 Å².